The van der Waals surface area contributed by atoms with Gasteiger partial charge in [0.1, 0.15) is 0 Å². The number of aromatic nitrogens is 2. The molecule has 0 bridgehead atoms. The third kappa shape index (κ3) is 4.16. The van der Waals surface area contributed by atoms with E-state index >= 15 is 0 Å². The molecule has 1 unspecified atom stereocenters. The lowest BCUT2D eigenvalue weighted by atomic mass is 10.1. The van der Waals surface area contributed by atoms with E-state index in [2.05, 4.69) is 20.0 Å². The van der Waals surface area contributed by atoms with Crippen LogP contribution in [0.25, 0.3) is 11.0 Å². The summed E-state index contributed by atoms with van der Waals surface area (Å²) in [6.45, 7) is 4.46. The number of aromatic amines is 2. The van der Waals surface area contributed by atoms with Gasteiger partial charge in [-0.05, 0) is 24.6 Å². The first-order valence-corrected chi connectivity index (χ1v) is 8.49. The van der Waals surface area contributed by atoms with E-state index < -0.39 is 10.0 Å². The zero-order valence-electron chi connectivity index (χ0n) is 12.1. The molecule has 1 atom stereocenters. The van der Waals surface area contributed by atoms with Gasteiger partial charge in [0.25, 0.3) is 0 Å². The number of benzene rings is 1. The predicted octanol–water partition coefficient (Wildman–Crippen LogP) is 0.446. The van der Waals surface area contributed by atoms with Crippen molar-refractivity contribution in [1.82, 2.24) is 20.0 Å². The maximum Gasteiger partial charge on any atom is 0.323 e. The molecule has 0 saturated carbocycles. The van der Waals surface area contributed by atoms with Crippen LogP contribution in [0.5, 0.6) is 0 Å². The van der Waals surface area contributed by atoms with Gasteiger partial charge in [0.2, 0.25) is 10.0 Å². The van der Waals surface area contributed by atoms with Crippen molar-refractivity contribution in [2.24, 2.45) is 0 Å². The van der Waals surface area contributed by atoms with Crippen molar-refractivity contribution in [2.75, 3.05) is 18.8 Å². The van der Waals surface area contributed by atoms with E-state index in [0.717, 1.165) is 16.6 Å². The lowest BCUT2D eigenvalue weighted by Crippen LogP contribution is -2.32. The van der Waals surface area contributed by atoms with Crippen molar-refractivity contribution in [3.8, 4) is 0 Å². The highest BCUT2D eigenvalue weighted by atomic mass is 32.2. The van der Waals surface area contributed by atoms with Crippen LogP contribution in [0, 0.1) is 0 Å². The van der Waals surface area contributed by atoms with Crippen molar-refractivity contribution >= 4 is 21.1 Å². The third-order valence-electron chi connectivity index (χ3n) is 3.23. The van der Waals surface area contributed by atoms with Gasteiger partial charge in [-0.25, -0.2) is 17.9 Å². The van der Waals surface area contributed by atoms with Crippen molar-refractivity contribution in [3.05, 3.63) is 34.2 Å². The van der Waals surface area contributed by atoms with Crippen LogP contribution < -0.4 is 15.7 Å². The average Bonchev–Trinajstić information content (AvgIpc) is 2.77. The molecule has 21 heavy (non-hydrogen) atoms. The first-order valence-electron chi connectivity index (χ1n) is 6.84. The molecule has 0 amide bonds. The molecule has 0 spiro atoms. The van der Waals surface area contributed by atoms with Gasteiger partial charge >= 0.3 is 5.69 Å². The summed E-state index contributed by atoms with van der Waals surface area (Å²) >= 11 is 0. The number of hydrogen-bond acceptors (Lipinski definition) is 4. The molecule has 0 radical (unpaired) electrons. The topological polar surface area (TPSA) is 107 Å². The van der Waals surface area contributed by atoms with Crippen molar-refractivity contribution < 1.29 is 8.42 Å². The van der Waals surface area contributed by atoms with Crippen LogP contribution >= 0.6 is 0 Å². The molecule has 1 aromatic heterocycles. The lowest BCUT2D eigenvalue weighted by Gasteiger charge is -2.14. The molecule has 116 valence electrons. The molecule has 4 N–H and O–H groups in total. The van der Waals surface area contributed by atoms with Crippen LogP contribution in [-0.2, 0) is 10.0 Å². The zero-order valence-corrected chi connectivity index (χ0v) is 12.9. The summed E-state index contributed by atoms with van der Waals surface area (Å²) in [6, 6.07) is 5.60. The third-order valence-corrected chi connectivity index (χ3v) is 4.70. The number of imidazole rings is 1. The Balaban J connectivity index is 1.98. The Morgan fingerprint density at radius 1 is 1.24 bits per heavy atom. The first kappa shape index (κ1) is 15.7. The Hall–Kier alpha value is -1.64. The van der Waals surface area contributed by atoms with Crippen LogP contribution in [-0.4, -0.2) is 37.2 Å². The summed E-state index contributed by atoms with van der Waals surface area (Å²) < 4.78 is 25.5. The van der Waals surface area contributed by atoms with E-state index in [0.29, 0.717) is 13.1 Å². The highest BCUT2D eigenvalue weighted by molar-refractivity contribution is 7.89. The second-order valence-electron chi connectivity index (χ2n) is 4.88. The molecule has 1 heterocycles. The fraction of sp³-hybridized carbons (Fsp3) is 0.462. The minimum atomic E-state index is -3.21. The summed E-state index contributed by atoms with van der Waals surface area (Å²) in [5, 5.41) is 3.16. The van der Waals surface area contributed by atoms with Crippen LogP contribution in [0.3, 0.4) is 0 Å². The fourth-order valence-electron chi connectivity index (χ4n) is 2.14. The monoisotopic (exact) mass is 312 g/mol. The predicted molar refractivity (Wildman–Crippen MR) is 82.8 cm³/mol. The summed E-state index contributed by atoms with van der Waals surface area (Å²) in [6.07, 6.45) is 0. The van der Waals surface area contributed by atoms with Gasteiger partial charge in [-0.3, -0.25) is 0 Å². The molecule has 0 fully saturated rings. The SMILES string of the molecule is CCNS(=O)(=O)CCNC(C)c1ccc2[nH]c(=O)[nH]c2c1. The second-order valence-corrected chi connectivity index (χ2v) is 6.80. The van der Waals surface area contributed by atoms with Crippen molar-refractivity contribution in [1.29, 1.82) is 0 Å². The number of rotatable bonds is 7. The Labute approximate surface area is 123 Å². The maximum atomic E-state index is 11.5. The summed E-state index contributed by atoms with van der Waals surface area (Å²) in [7, 11) is -3.21. The van der Waals surface area contributed by atoms with Crippen LogP contribution in [0.2, 0.25) is 0 Å². The molecule has 0 aliphatic rings. The lowest BCUT2D eigenvalue weighted by molar-refractivity contribution is 0.564. The zero-order chi connectivity index (χ0) is 15.5. The van der Waals surface area contributed by atoms with Gasteiger partial charge in [0.05, 0.1) is 16.8 Å². The quantitative estimate of drug-likeness (QED) is 0.595. The van der Waals surface area contributed by atoms with E-state index in [1.54, 1.807) is 6.92 Å². The van der Waals surface area contributed by atoms with Crippen LogP contribution in [0.15, 0.2) is 23.0 Å². The van der Waals surface area contributed by atoms with E-state index in [9.17, 15) is 13.2 Å². The summed E-state index contributed by atoms with van der Waals surface area (Å²) in [5.74, 6) is 0.0361. The minimum absolute atomic E-state index is 0.00960. The van der Waals surface area contributed by atoms with Crippen molar-refractivity contribution in [3.63, 3.8) is 0 Å². The molecule has 2 rings (SSSR count). The van der Waals surface area contributed by atoms with Gasteiger partial charge in [-0.15, -0.1) is 0 Å². The number of H-pyrrole nitrogens is 2. The van der Waals surface area contributed by atoms with E-state index in [4.69, 9.17) is 0 Å². The fourth-order valence-corrected chi connectivity index (χ4v) is 3.11. The average molecular weight is 312 g/mol. The van der Waals surface area contributed by atoms with Crippen LogP contribution in [0.4, 0.5) is 0 Å². The van der Waals surface area contributed by atoms with Gasteiger partial charge in [-0.2, -0.15) is 0 Å². The molecule has 2 aromatic rings. The number of hydrogen-bond donors (Lipinski definition) is 4. The highest BCUT2D eigenvalue weighted by Gasteiger charge is 2.11. The second kappa shape index (κ2) is 6.42. The Morgan fingerprint density at radius 3 is 2.67 bits per heavy atom. The summed E-state index contributed by atoms with van der Waals surface area (Å²) in [4.78, 5) is 16.6. The molecule has 0 aliphatic carbocycles. The van der Waals surface area contributed by atoms with Crippen molar-refractivity contribution in [2.45, 2.75) is 19.9 Å². The molecular formula is C13H20N4O3S. The first-order chi connectivity index (χ1) is 9.91. The van der Waals surface area contributed by atoms with Gasteiger partial charge in [0.15, 0.2) is 0 Å². The smallest absolute Gasteiger partial charge is 0.309 e. The van der Waals surface area contributed by atoms with E-state index in [1.165, 1.54) is 0 Å². The molecule has 7 nitrogen and oxygen atoms in total. The number of nitrogens with one attached hydrogen (secondary N) is 4. The molecular weight excluding hydrogens is 292 g/mol. The molecule has 0 aliphatic heterocycles. The van der Waals surface area contributed by atoms with E-state index in [1.807, 2.05) is 25.1 Å². The molecule has 8 heteroatoms. The maximum absolute atomic E-state index is 11.5. The largest absolute Gasteiger partial charge is 0.323 e. The normalized spacial score (nSPS) is 13.6. The van der Waals surface area contributed by atoms with E-state index in [-0.39, 0.29) is 17.5 Å². The standard InChI is InChI=1S/C13H20N4O3S/c1-3-15-21(19,20)7-6-14-9(2)10-4-5-11-12(8-10)17-13(18)16-11/h4-5,8-9,14-15H,3,6-7H2,1-2H3,(H2,16,17,18). The van der Waals surface area contributed by atoms with Gasteiger partial charge < -0.3 is 15.3 Å². The summed E-state index contributed by atoms with van der Waals surface area (Å²) in [5.41, 5.74) is 2.25. The Bertz CT molecular complexity index is 763. The minimum Gasteiger partial charge on any atom is -0.309 e. The highest BCUT2D eigenvalue weighted by Crippen LogP contribution is 2.16. The van der Waals surface area contributed by atoms with Crippen LogP contribution in [0.1, 0.15) is 25.5 Å². The number of fused-ring (bicyclic) bond motifs is 1. The Kier molecular flexibility index (Phi) is 4.81. The number of sulfonamides is 1. The van der Waals surface area contributed by atoms with Gasteiger partial charge in [0, 0.05) is 19.1 Å². The molecule has 0 saturated heterocycles. The Morgan fingerprint density at radius 2 is 1.95 bits per heavy atom. The van der Waals surface area contributed by atoms with Gasteiger partial charge in [-0.1, -0.05) is 13.0 Å². The molecule has 1 aromatic carbocycles.